The van der Waals surface area contributed by atoms with E-state index in [1.165, 1.54) is 11.1 Å². The fourth-order valence-corrected chi connectivity index (χ4v) is 2.11. The second kappa shape index (κ2) is 6.18. The Morgan fingerprint density at radius 3 is 2.59 bits per heavy atom. The van der Waals surface area contributed by atoms with Crippen molar-refractivity contribution in [3.8, 4) is 0 Å². The molecule has 2 atom stereocenters. The van der Waals surface area contributed by atoms with E-state index < -0.39 is 0 Å². The lowest BCUT2D eigenvalue weighted by Gasteiger charge is -2.34. The van der Waals surface area contributed by atoms with Gasteiger partial charge in [0.1, 0.15) is 0 Å². The molecule has 0 aliphatic carbocycles. The van der Waals surface area contributed by atoms with E-state index in [0.29, 0.717) is 6.61 Å². The molecule has 1 aromatic carbocycles. The highest BCUT2D eigenvalue weighted by Crippen LogP contribution is 2.22. The summed E-state index contributed by atoms with van der Waals surface area (Å²) in [5, 5.41) is 0. The minimum absolute atomic E-state index is 0.0363. The van der Waals surface area contributed by atoms with Gasteiger partial charge in [0.15, 0.2) is 0 Å². The molecule has 2 unspecified atom stereocenters. The summed E-state index contributed by atoms with van der Waals surface area (Å²) in [5.74, 6) is 0. The first-order chi connectivity index (χ1) is 8.01. The Labute approximate surface area is 105 Å². The zero-order valence-corrected chi connectivity index (χ0v) is 11.5. The van der Waals surface area contributed by atoms with E-state index in [2.05, 4.69) is 45.0 Å². The third-order valence-electron chi connectivity index (χ3n) is 3.50. The van der Waals surface area contributed by atoms with E-state index in [0.717, 1.165) is 12.8 Å². The predicted octanol–water partition coefficient (Wildman–Crippen LogP) is 3.07. The number of hydrogen-bond donors (Lipinski definition) is 1. The quantitative estimate of drug-likeness (QED) is 0.822. The van der Waals surface area contributed by atoms with E-state index in [-0.39, 0.29) is 11.6 Å². The summed E-state index contributed by atoms with van der Waals surface area (Å²) in [6.45, 7) is 9.08. The molecule has 0 amide bonds. The number of aryl methyl sites for hydroxylation is 1. The molecule has 0 saturated carbocycles. The molecule has 2 nitrogen and oxygen atoms in total. The molecule has 0 bridgehead atoms. The van der Waals surface area contributed by atoms with Crippen molar-refractivity contribution in [1.29, 1.82) is 0 Å². The molecule has 0 aromatic heterocycles. The fourth-order valence-electron chi connectivity index (χ4n) is 2.11. The van der Waals surface area contributed by atoms with Gasteiger partial charge in [0.25, 0.3) is 0 Å². The van der Waals surface area contributed by atoms with Gasteiger partial charge in [-0.1, -0.05) is 36.8 Å². The maximum absolute atomic E-state index is 6.31. The second-order valence-corrected chi connectivity index (χ2v) is 4.90. The fraction of sp³-hybridized carbons (Fsp3) is 0.600. The molecule has 0 radical (unpaired) electrons. The summed E-state index contributed by atoms with van der Waals surface area (Å²) < 4.78 is 5.82. The minimum atomic E-state index is -0.224. The van der Waals surface area contributed by atoms with Gasteiger partial charge in [-0.15, -0.1) is 0 Å². The van der Waals surface area contributed by atoms with E-state index in [9.17, 15) is 0 Å². The molecule has 0 saturated heterocycles. The molecular formula is C15H25NO. The molecule has 0 heterocycles. The van der Waals surface area contributed by atoms with Crippen LogP contribution in [0.2, 0.25) is 0 Å². The predicted molar refractivity (Wildman–Crippen MR) is 73.2 cm³/mol. The smallest absolute Gasteiger partial charge is 0.0805 e. The minimum Gasteiger partial charge on any atom is -0.374 e. The Morgan fingerprint density at radius 1 is 1.35 bits per heavy atom. The van der Waals surface area contributed by atoms with Gasteiger partial charge in [-0.3, -0.25) is 0 Å². The normalized spacial score (nSPS) is 16.5. The van der Waals surface area contributed by atoms with Crippen LogP contribution in [-0.4, -0.2) is 18.2 Å². The Bertz CT molecular complexity index is 351. The van der Waals surface area contributed by atoms with Gasteiger partial charge in [0.05, 0.1) is 5.60 Å². The number of ether oxygens (including phenoxy) is 1. The first kappa shape index (κ1) is 14.2. The van der Waals surface area contributed by atoms with E-state index >= 15 is 0 Å². The maximum atomic E-state index is 6.31. The van der Waals surface area contributed by atoms with Crippen molar-refractivity contribution in [3.63, 3.8) is 0 Å². The van der Waals surface area contributed by atoms with Crippen molar-refractivity contribution in [1.82, 2.24) is 0 Å². The monoisotopic (exact) mass is 235 g/mol. The van der Waals surface area contributed by atoms with Gasteiger partial charge in [-0.05, 0) is 39.2 Å². The molecule has 0 aliphatic heterocycles. The van der Waals surface area contributed by atoms with Crippen molar-refractivity contribution in [2.75, 3.05) is 6.61 Å². The van der Waals surface area contributed by atoms with Crippen molar-refractivity contribution in [3.05, 3.63) is 35.4 Å². The third kappa shape index (κ3) is 3.83. The van der Waals surface area contributed by atoms with Crippen LogP contribution < -0.4 is 5.73 Å². The lowest BCUT2D eigenvalue weighted by molar-refractivity contribution is -0.0461. The van der Waals surface area contributed by atoms with Crippen LogP contribution in [0.1, 0.15) is 38.3 Å². The van der Waals surface area contributed by atoms with Crippen LogP contribution in [0.4, 0.5) is 0 Å². The van der Waals surface area contributed by atoms with E-state index in [1.54, 1.807) is 0 Å². The van der Waals surface area contributed by atoms with Crippen molar-refractivity contribution >= 4 is 0 Å². The van der Waals surface area contributed by atoms with Gasteiger partial charge in [-0.2, -0.15) is 0 Å². The number of hydrogen-bond acceptors (Lipinski definition) is 2. The standard InChI is InChI=1S/C15H25NO/c1-5-15(4,17-6-2)14(16)11-13-9-7-8-12(3)10-13/h7-10,14H,5-6,11,16H2,1-4H3. The average molecular weight is 235 g/mol. The topological polar surface area (TPSA) is 35.2 Å². The zero-order valence-electron chi connectivity index (χ0n) is 11.5. The van der Waals surface area contributed by atoms with Crippen LogP contribution in [0.5, 0.6) is 0 Å². The molecular weight excluding hydrogens is 210 g/mol. The lowest BCUT2D eigenvalue weighted by Crippen LogP contribution is -2.48. The number of nitrogens with two attached hydrogens (primary N) is 1. The summed E-state index contributed by atoms with van der Waals surface area (Å²) in [7, 11) is 0. The zero-order chi connectivity index (χ0) is 12.9. The van der Waals surface area contributed by atoms with Gasteiger partial charge >= 0.3 is 0 Å². The third-order valence-corrected chi connectivity index (χ3v) is 3.50. The van der Waals surface area contributed by atoms with Gasteiger partial charge in [0.2, 0.25) is 0 Å². The first-order valence-corrected chi connectivity index (χ1v) is 6.47. The van der Waals surface area contributed by atoms with Crippen LogP contribution in [0.15, 0.2) is 24.3 Å². The molecule has 17 heavy (non-hydrogen) atoms. The van der Waals surface area contributed by atoms with Crippen molar-refractivity contribution in [2.45, 2.75) is 52.2 Å². The Hall–Kier alpha value is -0.860. The highest BCUT2D eigenvalue weighted by atomic mass is 16.5. The number of rotatable bonds is 6. The maximum Gasteiger partial charge on any atom is 0.0805 e. The average Bonchev–Trinajstić information content (AvgIpc) is 2.29. The van der Waals surface area contributed by atoms with Gasteiger partial charge in [0, 0.05) is 12.6 Å². The summed E-state index contributed by atoms with van der Waals surface area (Å²) >= 11 is 0. The Morgan fingerprint density at radius 2 is 2.06 bits per heavy atom. The highest BCUT2D eigenvalue weighted by Gasteiger charge is 2.30. The molecule has 2 N–H and O–H groups in total. The van der Waals surface area contributed by atoms with Crippen molar-refractivity contribution in [2.24, 2.45) is 5.73 Å². The summed E-state index contributed by atoms with van der Waals surface area (Å²) in [4.78, 5) is 0. The SMILES string of the molecule is CCOC(C)(CC)C(N)Cc1cccc(C)c1. The second-order valence-electron chi connectivity index (χ2n) is 4.90. The Kier molecular flexibility index (Phi) is 5.16. The van der Waals surface area contributed by atoms with Crippen LogP contribution in [-0.2, 0) is 11.2 Å². The van der Waals surface area contributed by atoms with Gasteiger partial charge in [-0.25, -0.2) is 0 Å². The van der Waals surface area contributed by atoms with Crippen LogP contribution in [0, 0.1) is 6.92 Å². The molecule has 0 spiro atoms. The van der Waals surface area contributed by atoms with E-state index in [4.69, 9.17) is 10.5 Å². The molecule has 1 rings (SSSR count). The van der Waals surface area contributed by atoms with Crippen LogP contribution in [0.25, 0.3) is 0 Å². The Balaban J connectivity index is 2.73. The summed E-state index contributed by atoms with van der Waals surface area (Å²) in [6.07, 6.45) is 1.81. The molecule has 2 heteroatoms. The van der Waals surface area contributed by atoms with Crippen LogP contribution >= 0.6 is 0 Å². The highest BCUT2D eigenvalue weighted by molar-refractivity contribution is 5.23. The summed E-state index contributed by atoms with van der Waals surface area (Å²) in [6, 6.07) is 8.56. The number of benzene rings is 1. The molecule has 96 valence electrons. The molecule has 0 aliphatic rings. The van der Waals surface area contributed by atoms with E-state index in [1.807, 2.05) is 6.92 Å². The van der Waals surface area contributed by atoms with Crippen LogP contribution in [0.3, 0.4) is 0 Å². The molecule has 0 fully saturated rings. The lowest BCUT2D eigenvalue weighted by atomic mass is 9.88. The largest absolute Gasteiger partial charge is 0.374 e. The first-order valence-electron chi connectivity index (χ1n) is 6.47. The van der Waals surface area contributed by atoms with Crippen molar-refractivity contribution < 1.29 is 4.74 Å². The van der Waals surface area contributed by atoms with Gasteiger partial charge < -0.3 is 10.5 Å². The molecule has 1 aromatic rings. The summed E-state index contributed by atoms with van der Waals surface area (Å²) in [5.41, 5.74) is 8.65.